The van der Waals surface area contributed by atoms with Crippen molar-refractivity contribution in [3.63, 3.8) is 0 Å². The monoisotopic (exact) mass is 480 g/mol. The second kappa shape index (κ2) is 12.0. The number of hydrogen-bond donors (Lipinski definition) is 1. The van der Waals surface area contributed by atoms with Crippen LogP contribution in [0.2, 0.25) is 0 Å². The van der Waals surface area contributed by atoms with Gasteiger partial charge in [-0.25, -0.2) is 10.2 Å². The summed E-state index contributed by atoms with van der Waals surface area (Å²) in [6.45, 7) is 1.91. The van der Waals surface area contributed by atoms with Gasteiger partial charge in [0, 0.05) is 0 Å². The molecular formula is C29H24N2O5. The maximum Gasteiger partial charge on any atom is 0.343 e. The van der Waals surface area contributed by atoms with Gasteiger partial charge in [0.05, 0.1) is 11.8 Å². The lowest BCUT2D eigenvalue weighted by Gasteiger charge is -2.18. The molecule has 36 heavy (non-hydrogen) atoms. The van der Waals surface area contributed by atoms with E-state index in [9.17, 15) is 9.59 Å². The third-order valence-corrected chi connectivity index (χ3v) is 4.92. The number of amides is 1. The van der Waals surface area contributed by atoms with Crippen LogP contribution in [0.15, 0.2) is 114 Å². The Labute approximate surface area is 209 Å². The summed E-state index contributed by atoms with van der Waals surface area (Å²) in [4.78, 5) is 25.0. The van der Waals surface area contributed by atoms with Gasteiger partial charge >= 0.3 is 18.2 Å². The molecule has 0 aliphatic rings. The molecule has 0 radical (unpaired) electrons. The molecule has 0 aliphatic carbocycles. The molecule has 4 aromatic rings. The van der Waals surface area contributed by atoms with Crippen LogP contribution in [0.25, 0.3) is 0 Å². The van der Waals surface area contributed by atoms with Gasteiger partial charge in [-0.15, -0.1) is 0 Å². The Kier molecular flexibility index (Phi) is 8.07. The summed E-state index contributed by atoms with van der Waals surface area (Å²) in [5.41, 5.74) is 4.59. The number of carbonyl (C=O) groups is 2. The lowest BCUT2D eigenvalue weighted by Crippen LogP contribution is -2.40. The number of hydrazone groups is 1. The summed E-state index contributed by atoms with van der Waals surface area (Å²) in [5, 5.41) is 4.00. The van der Waals surface area contributed by atoms with E-state index < -0.39 is 18.2 Å². The van der Waals surface area contributed by atoms with Crippen molar-refractivity contribution >= 4 is 18.1 Å². The van der Waals surface area contributed by atoms with Crippen LogP contribution in [0.5, 0.6) is 17.2 Å². The number of rotatable bonds is 9. The van der Waals surface area contributed by atoms with Gasteiger partial charge in [0.25, 0.3) is 0 Å². The molecular weight excluding hydrogens is 456 g/mol. The van der Waals surface area contributed by atoms with Crippen molar-refractivity contribution in [2.45, 2.75) is 13.2 Å². The molecule has 0 bridgehead atoms. The maximum atomic E-state index is 12.7. The Hall–Kier alpha value is -4.91. The Morgan fingerprint density at radius 2 is 1.36 bits per heavy atom. The van der Waals surface area contributed by atoms with Gasteiger partial charge in [0.15, 0.2) is 0 Å². The molecule has 7 nitrogen and oxygen atoms in total. The number of hydrogen-bond acceptors (Lipinski definition) is 6. The maximum absolute atomic E-state index is 12.7. The van der Waals surface area contributed by atoms with E-state index in [2.05, 4.69) is 10.5 Å². The van der Waals surface area contributed by atoms with E-state index in [1.165, 1.54) is 6.21 Å². The summed E-state index contributed by atoms with van der Waals surface area (Å²) in [7, 11) is 0. The van der Waals surface area contributed by atoms with Crippen molar-refractivity contribution in [2.75, 3.05) is 0 Å². The SMILES string of the molecule is Cc1cccc(C(=O)Oc2ccc(/C=N\NC(=O)C(Oc3ccccc3)Oc3ccccc3)cc2)c1. The third kappa shape index (κ3) is 7.04. The molecule has 0 heterocycles. The standard InChI is InChI=1S/C29H24N2O5/c1-21-9-8-10-23(19-21)28(33)34-26-17-15-22(16-18-26)20-30-31-27(32)29(35-24-11-4-2-5-12-24)36-25-13-6-3-7-14-25/h2-20,29H,1H3,(H,31,32)/b30-20-. The van der Waals surface area contributed by atoms with E-state index in [0.29, 0.717) is 28.4 Å². The first-order valence-electron chi connectivity index (χ1n) is 11.2. The molecule has 0 atom stereocenters. The summed E-state index contributed by atoms with van der Waals surface area (Å²) in [5.74, 6) is 0.343. The zero-order chi connectivity index (χ0) is 25.2. The number of nitrogens with zero attached hydrogens (tertiary/aromatic N) is 1. The molecule has 7 heteroatoms. The third-order valence-electron chi connectivity index (χ3n) is 4.92. The van der Waals surface area contributed by atoms with Gasteiger partial charge < -0.3 is 14.2 Å². The Morgan fingerprint density at radius 3 is 1.94 bits per heavy atom. The van der Waals surface area contributed by atoms with Crippen molar-refractivity contribution in [1.29, 1.82) is 0 Å². The van der Waals surface area contributed by atoms with Gasteiger partial charge in [0.1, 0.15) is 17.2 Å². The van der Waals surface area contributed by atoms with Crippen LogP contribution in [0.3, 0.4) is 0 Å². The highest BCUT2D eigenvalue weighted by molar-refractivity contribution is 5.91. The molecule has 0 unspecified atom stereocenters. The van der Waals surface area contributed by atoms with E-state index >= 15 is 0 Å². The molecule has 0 aliphatic heterocycles. The van der Waals surface area contributed by atoms with E-state index in [1.807, 2.05) is 25.1 Å². The molecule has 0 spiro atoms. The van der Waals surface area contributed by atoms with Crippen molar-refractivity contribution in [2.24, 2.45) is 5.10 Å². The molecule has 0 fully saturated rings. The topological polar surface area (TPSA) is 86.2 Å². The number of esters is 1. The van der Waals surface area contributed by atoms with Crippen LogP contribution in [0.4, 0.5) is 0 Å². The van der Waals surface area contributed by atoms with Crippen LogP contribution < -0.4 is 19.6 Å². The van der Waals surface area contributed by atoms with Gasteiger partial charge in [0.2, 0.25) is 0 Å². The smallest absolute Gasteiger partial charge is 0.343 e. The van der Waals surface area contributed by atoms with Crippen molar-refractivity contribution in [1.82, 2.24) is 5.43 Å². The summed E-state index contributed by atoms with van der Waals surface area (Å²) in [6, 6.07) is 31.7. The highest BCUT2D eigenvalue weighted by Gasteiger charge is 2.22. The minimum absolute atomic E-state index is 0.398. The first kappa shape index (κ1) is 24.2. The highest BCUT2D eigenvalue weighted by Crippen LogP contribution is 2.17. The number of carbonyl (C=O) groups excluding carboxylic acids is 2. The molecule has 1 amide bonds. The fourth-order valence-electron chi connectivity index (χ4n) is 3.16. The van der Waals surface area contributed by atoms with E-state index in [1.54, 1.807) is 91.0 Å². The van der Waals surface area contributed by atoms with Crippen molar-refractivity contribution < 1.29 is 23.8 Å². The Morgan fingerprint density at radius 1 is 0.750 bits per heavy atom. The van der Waals surface area contributed by atoms with E-state index in [4.69, 9.17) is 14.2 Å². The lowest BCUT2D eigenvalue weighted by atomic mass is 10.1. The van der Waals surface area contributed by atoms with Crippen molar-refractivity contribution in [3.05, 3.63) is 126 Å². The van der Waals surface area contributed by atoms with Crippen LogP contribution in [0, 0.1) is 6.92 Å². The number of ether oxygens (including phenoxy) is 3. The summed E-state index contributed by atoms with van der Waals surface area (Å²) >= 11 is 0. The quantitative estimate of drug-likeness (QED) is 0.118. The fourth-order valence-corrected chi connectivity index (χ4v) is 3.16. The van der Waals surface area contributed by atoms with E-state index in [-0.39, 0.29) is 0 Å². The minimum atomic E-state index is -1.25. The second-order valence-corrected chi connectivity index (χ2v) is 7.76. The van der Waals surface area contributed by atoms with Crippen LogP contribution in [-0.2, 0) is 4.79 Å². The summed E-state index contributed by atoms with van der Waals surface area (Å²) in [6.07, 6.45) is 0.210. The second-order valence-electron chi connectivity index (χ2n) is 7.76. The normalized spacial score (nSPS) is 10.7. The lowest BCUT2D eigenvalue weighted by molar-refractivity contribution is -0.140. The average molecular weight is 481 g/mol. The predicted octanol–water partition coefficient (Wildman–Crippen LogP) is 5.15. The molecule has 0 saturated heterocycles. The minimum Gasteiger partial charge on any atom is -0.446 e. The highest BCUT2D eigenvalue weighted by atomic mass is 16.7. The first-order chi connectivity index (χ1) is 17.6. The Balaban J connectivity index is 1.36. The average Bonchev–Trinajstić information content (AvgIpc) is 2.90. The van der Waals surface area contributed by atoms with Crippen molar-refractivity contribution in [3.8, 4) is 17.2 Å². The molecule has 4 rings (SSSR count). The largest absolute Gasteiger partial charge is 0.446 e. The van der Waals surface area contributed by atoms with Crippen LogP contribution in [0.1, 0.15) is 21.5 Å². The van der Waals surface area contributed by atoms with Gasteiger partial charge in [-0.1, -0.05) is 54.1 Å². The fraction of sp³-hybridized carbons (Fsp3) is 0.0690. The van der Waals surface area contributed by atoms with Gasteiger partial charge in [-0.3, -0.25) is 4.79 Å². The molecule has 180 valence electrons. The van der Waals surface area contributed by atoms with Crippen LogP contribution >= 0.6 is 0 Å². The first-order valence-corrected chi connectivity index (χ1v) is 11.2. The molecule has 4 aromatic carbocycles. The number of benzene rings is 4. The number of aryl methyl sites for hydroxylation is 1. The molecule has 0 aromatic heterocycles. The summed E-state index contributed by atoms with van der Waals surface area (Å²) < 4.78 is 16.9. The number of para-hydroxylation sites is 2. The predicted molar refractivity (Wildman–Crippen MR) is 136 cm³/mol. The van der Waals surface area contributed by atoms with Gasteiger partial charge in [-0.2, -0.15) is 5.10 Å². The number of nitrogens with one attached hydrogen (secondary N) is 1. The Bertz CT molecular complexity index is 1280. The molecule has 0 saturated carbocycles. The van der Waals surface area contributed by atoms with Crippen LogP contribution in [-0.4, -0.2) is 24.4 Å². The molecule has 1 N–H and O–H groups in total. The van der Waals surface area contributed by atoms with Gasteiger partial charge in [-0.05, 0) is 73.2 Å². The zero-order valence-corrected chi connectivity index (χ0v) is 19.5. The van der Waals surface area contributed by atoms with E-state index in [0.717, 1.165) is 5.56 Å². The zero-order valence-electron chi connectivity index (χ0n) is 19.5.